The molecule has 1 aromatic rings. The SMILES string of the molecule is Nc1ccc(S(=O)(=O)NCCCOCC2CC2)cc1Cl. The van der Waals surface area contributed by atoms with Crippen LogP contribution in [0.25, 0.3) is 0 Å². The van der Waals surface area contributed by atoms with Gasteiger partial charge in [-0.25, -0.2) is 13.1 Å². The van der Waals surface area contributed by atoms with Gasteiger partial charge in [0.25, 0.3) is 0 Å². The molecule has 0 atom stereocenters. The first-order valence-corrected chi connectivity index (χ1v) is 8.47. The lowest BCUT2D eigenvalue weighted by Gasteiger charge is -2.08. The molecule has 112 valence electrons. The van der Waals surface area contributed by atoms with E-state index in [1.54, 1.807) is 0 Å². The molecular weight excluding hydrogens is 300 g/mol. The third-order valence-electron chi connectivity index (χ3n) is 3.09. The van der Waals surface area contributed by atoms with Crippen molar-refractivity contribution in [3.05, 3.63) is 23.2 Å². The van der Waals surface area contributed by atoms with Gasteiger partial charge in [0.05, 0.1) is 15.6 Å². The summed E-state index contributed by atoms with van der Waals surface area (Å²) in [5, 5.41) is 0.237. The van der Waals surface area contributed by atoms with Crippen LogP contribution in [0.1, 0.15) is 19.3 Å². The average molecular weight is 319 g/mol. The topological polar surface area (TPSA) is 81.4 Å². The minimum Gasteiger partial charge on any atom is -0.398 e. The van der Waals surface area contributed by atoms with E-state index in [4.69, 9.17) is 22.1 Å². The maximum atomic E-state index is 12.0. The van der Waals surface area contributed by atoms with Crippen LogP contribution in [0.3, 0.4) is 0 Å². The summed E-state index contributed by atoms with van der Waals surface area (Å²) in [7, 11) is -3.54. The van der Waals surface area contributed by atoms with Gasteiger partial charge in [-0.15, -0.1) is 0 Å². The minimum atomic E-state index is -3.54. The fourth-order valence-corrected chi connectivity index (χ4v) is 3.02. The maximum absolute atomic E-state index is 12.0. The number of rotatable bonds is 8. The lowest BCUT2D eigenvalue weighted by atomic mass is 10.3. The molecule has 7 heteroatoms. The zero-order chi connectivity index (χ0) is 14.6. The number of nitrogens with one attached hydrogen (secondary N) is 1. The highest BCUT2D eigenvalue weighted by Crippen LogP contribution is 2.28. The first-order chi connectivity index (χ1) is 9.49. The number of anilines is 1. The fourth-order valence-electron chi connectivity index (χ4n) is 1.67. The molecule has 0 bridgehead atoms. The van der Waals surface area contributed by atoms with Gasteiger partial charge in [-0.3, -0.25) is 0 Å². The summed E-state index contributed by atoms with van der Waals surface area (Å²) in [5.41, 5.74) is 5.91. The molecule has 0 heterocycles. The molecule has 0 aliphatic heterocycles. The second-order valence-corrected chi connectivity index (χ2v) is 7.13. The molecule has 1 aromatic carbocycles. The van der Waals surface area contributed by atoms with Crippen LogP contribution >= 0.6 is 11.6 Å². The van der Waals surface area contributed by atoms with Crippen LogP contribution in [0.15, 0.2) is 23.1 Å². The van der Waals surface area contributed by atoms with Crippen LogP contribution < -0.4 is 10.5 Å². The van der Waals surface area contributed by atoms with Crippen LogP contribution in [-0.2, 0) is 14.8 Å². The van der Waals surface area contributed by atoms with Crippen molar-refractivity contribution in [3.8, 4) is 0 Å². The Morgan fingerprint density at radius 2 is 2.15 bits per heavy atom. The Balaban J connectivity index is 1.76. The van der Waals surface area contributed by atoms with Crippen LogP contribution in [0.5, 0.6) is 0 Å². The molecule has 0 saturated heterocycles. The monoisotopic (exact) mass is 318 g/mol. The van der Waals surface area contributed by atoms with Crippen LogP contribution in [0.2, 0.25) is 5.02 Å². The molecule has 0 unspecified atom stereocenters. The van der Waals surface area contributed by atoms with E-state index in [0.29, 0.717) is 25.3 Å². The quantitative estimate of drug-likeness (QED) is 0.567. The van der Waals surface area contributed by atoms with Gasteiger partial charge in [0.15, 0.2) is 0 Å². The number of ether oxygens (including phenoxy) is 1. The van der Waals surface area contributed by atoms with Crippen LogP contribution in [-0.4, -0.2) is 28.2 Å². The van der Waals surface area contributed by atoms with Gasteiger partial charge in [-0.1, -0.05) is 11.6 Å². The summed E-state index contributed by atoms with van der Waals surface area (Å²) in [5.74, 6) is 0.726. The van der Waals surface area contributed by atoms with Crippen molar-refractivity contribution in [2.45, 2.75) is 24.2 Å². The van der Waals surface area contributed by atoms with Crippen molar-refractivity contribution in [2.24, 2.45) is 5.92 Å². The van der Waals surface area contributed by atoms with Gasteiger partial charge in [-0.05, 0) is 43.4 Å². The second kappa shape index (κ2) is 6.76. The first-order valence-electron chi connectivity index (χ1n) is 6.61. The summed E-state index contributed by atoms with van der Waals surface area (Å²) in [6.45, 7) is 1.71. The zero-order valence-electron chi connectivity index (χ0n) is 11.1. The molecule has 20 heavy (non-hydrogen) atoms. The Morgan fingerprint density at radius 1 is 1.40 bits per heavy atom. The summed E-state index contributed by atoms with van der Waals surface area (Å²) in [6.07, 6.45) is 3.16. The number of halogens is 1. The molecule has 2 rings (SSSR count). The molecular formula is C13H19ClN2O3S. The number of sulfonamides is 1. The van der Waals surface area contributed by atoms with Gasteiger partial charge >= 0.3 is 0 Å². The molecule has 5 nitrogen and oxygen atoms in total. The third-order valence-corrected chi connectivity index (χ3v) is 4.88. The van der Waals surface area contributed by atoms with Gasteiger partial charge < -0.3 is 10.5 Å². The van der Waals surface area contributed by atoms with Crippen molar-refractivity contribution in [1.82, 2.24) is 4.72 Å². The highest BCUT2D eigenvalue weighted by molar-refractivity contribution is 7.89. The largest absolute Gasteiger partial charge is 0.398 e. The Bertz CT molecular complexity index is 559. The fraction of sp³-hybridized carbons (Fsp3) is 0.538. The summed E-state index contributed by atoms with van der Waals surface area (Å²) >= 11 is 5.82. The second-order valence-electron chi connectivity index (χ2n) is 4.95. The highest BCUT2D eigenvalue weighted by Gasteiger charge is 2.21. The van der Waals surface area contributed by atoms with Crippen molar-refractivity contribution in [2.75, 3.05) is 25.5 Å². The molecule has 0 amide bonds. The normalized spacial score (nSPS) is 15.4. The smallest absolute Gasteiger partial charge is 0.240 e. The minimum absolute atomic E-state index is 0.121. The molecule has 0 radical (unpaired) electrons. The van der Waals surface area contributed by atoms with Crippen molar-refractivity contribution < 1.29 is 13.2 Å². The van der Waals surface area contributed by atoms with Crippen LogP contribution in [0.4, 0.5) is 5.69 Å². The van der Waals surface area contributed by atoms with E-state index in [2.05, 4.69) is 4.72 Å². The van der Waals surface area contributed by atoms with E-state index in [0.717, 1.165) is 12.5 Å². The molecule has 1 aliphatic rings. The Hall–Kier alpha value is -0.820. The molecule has 0 aromatic heterocycles. The molecule has 3 N–H and O–H groups in total. The van der Waals surface area contributed by atoms with Gasteiger partial charge in [0, 0.05) is 19.8 Å². The number of hydrogen-bond donors (Lipinski definition) is 2. The predicted molar refractivity (Wildman–Crippen MR) is 79.2 cm³/mol. The van der Waals surface area contributed by atoms with E-state index >= 15 is 0 Å². The Kier molecular flexibility index (Phi) is 5.26. The summed E-state index contributed by atoms with van der Waals surface area (Å²) in [4.78, 5) is 0.121. The Morgan fingerprint density at radius 3 is 2.80 bits per heavy atom. The van der Waals surface area contributed by atoms with E-state index in [9.17, 15) is 8.42 Å². The molecule has 1 fully saturated rings. The lowest BCUT2D eigenvalue weighted by Crippen LogP contribution is -2.25. The van der Waals surface area contributed by atoms with E-state index in [1.807, 2.05) is 0 Å². The van der Waals surface area contributed by atoms with Crippen molar-refractivity contribution in [1.29, 1.82) is 0 Å². The molecule has 1 saturated carbocycles. The lowest BCUT2D eigenvalue weighted by molar-refractivity contribution is 0.123. The average Bonchev–Trinajstić information content (AvgIpc) is 3.21. The van der Waals surface area contributed by atoms with Gasteiger partial charge in [0.1, 0.15) is 0 Å². The number of nitrogens with two attached hydrogens (primary N) is 1. The van der Waals surface area contributed by atoms with E-state index in [-0.39, 0.29) is 9.92 Å². The zero-order valence-corrected chi connectivity index (χ0v) is 12.7. The number of hydrogen-bond acceptors (Lipinski definition) is 4. The number of benzene rings is 1. The molecule has 1 aliphatic carbocycles. The summed E-state index contributed by atoms with van der Waals surface area (Å²) < 4.78 is 31.9. The van der Waals surface area contributed by atoms with Crippen molar-refractivity contribution in [3.63, 3.8) is 0 Å². The predicted octanol–water partition coefficient (Wildman–Crippen LogP) is 2.02. The van der Waals surface area contributed by atoms with Crippen LogP contribution in [0, 0.1) is 5.92 Å². The summed E-state index contributed by atoms with van der Waals surface area (Å²) in [6, 6.07) is 4.27. The first kappa shape index (κ1) is 15.6. The molecule has 0 spiro atoms. The maximum Gasteiger partial charge on any atom is 0.240 e. The van der Waals surface area contributed by atoms with E-state index < -0.39 is 10.0 Å². The van der Waals surface area contributed by atoms with Gasteiger partial charge in [0.2, 0.25) is 10.0 Å². The number of nitrogen functional groups attached to an aromatic ring is 1. The highest BCUT2D eigenvalue weighted by atomic mass is 35.5. The van der Waals surface area contributed by atoms with Crippen molar-refractivity contribution >= 4 is 27.3 Å². The standard InChI is InChI=1S/C13H19ClN2O3S/c14-12-8-11(4-5-13(12)15)20(17,18)16-6-1-7-19-9-10-2-3-10/h4-5,8,10,16H,1-3,6-7,9,15H2. The third kappa shape index (κ3) is 4.63. The Labute approximate surface area is 124 Å². The van der Waals surface area contributed by atoms with Gasteiger partial charge in [-0.2, -0.15) is 0 Å². The van der Waals surface area contributed by atoms with E-state index in [1.165, 1.54) is 31.0 Å².